The maximum Gasteiger partial charge on any atom is 0.239 e. The number of amides is 1. The van der Waals surface area contributed by atoms with E-state index in [1.807, 2.05) is 72.5 Å². The molecular weight excluding hydrogens is 322 g/mol. The lowest BCUT2D eigenvalue weighted by atomic mass is 9.92. The molecule has 1 atom stereocenters. The van der Waals surface area contributed by atoms with Crippen LogP contribution in [0.5, 0.6) is 5.75 Å². The molecule has 0 radical (unpaired) electrons. The monoisotopic (exact) mass is 343 g/mol. The minimum Gasteiger partial charge on any atom is -0.496 e. The molecule has 0 aliphatic carbocycles. The van der Waals surface area contributed by atoms with E-state index in [2.05, 4.69) is 12.1 Å². The zero-order chi connectivity index (χ0) is 18.1. The number of methoxy groups -OCH3 is 1. The number of anilines is 2. The number of rotatable bonds is 4. The van der Waals surface area contributed by atoms with Gasteiger partial charge in [-0.1, -0.05) is 48.5 Å². The Morgan fingerprint density at radius 1 is 0.962 bits per heavy atom. The van der Waals surface area contributed by atoms with Crippen LogP contribution in [-0.4, -0.2) is 13.0 Å². The first-order chi connectivity index (χ1) is 12.7. The summed E-state index contributed by atoms with van der Waals surface area (Å²) in [6.07, 6.45) is 0.685. The summed E-state index contributed by atoms with van der Waals surface area (Å²) in [6, 6.07) is 24.1. The van der Waals surface area contributed by atoms with Gasteiger partial charge in [-0.15, -0.1) is 0 Å². The van der Waals surface area contributed by atoms with E-state index in [1.54, 1.807) is 7.11 Å². The predicted octanol–water partition coefficient (Wildman–Crippen LogP) is 5.01. The third kappa shape index (κ3) is 2.76. The van der Waals surface area contributed by atoms with Crippen molar-refractivity contribution < 1.29 is 9.53 Å². The molecule has 0 bridgehead atoms. The normalized spacial score (nSPS) is 15.8. The minimum absolute atomic E-state index is 0.130. The Balaban J connectivity index is 1.71. The summed E-state index contributed by atoms with van der Waals surface area (Å²) in [4.78, 5) is 15.1. The second kappa shape index (κ2) is 6.68. The highest BCUT2D eigenvalue weighted by atomic mass is 16.5. The number of carbonyl (C=O) groups is 1. The van der Waals surface area contributed by atoms with Crippen molar-refractivity contribution in [3.63, 3.8) is 0 Å². The van der Waals surface area contributed by atoms with Crippen molar-refractivity contribution in [2.75, 3.05) is 12.0 Å². The van der Waals surface area contributed by atoms with Gasteiger partial charge in [0.25, 0.3) is 0 Å². The Hall–Kier alpha value is -3.07. The van der Waals surface area contributed by atoms with Crippen LogP contribution in [0, 0.1) is 6.92 Å². The van der Waals surface area contributed by atoms with Crippen LogP contribution in [-0.2, 0) is 11.2 Å². The number of carbonyl (C=O) groups excluding carboxylic acids is 1. The van der Waals surface area contributed by atoms with Gasteiger partial charge in [0.05, 0.1) is 18.7 Å². The van der Waals surface area contributed by atoms with Gasteiger partial charge in [-0.25, -0.2) is 0 Å². The molecule has 1 heterocycles. The molecule has 3 heteroatoms. The molecule has 3 aromatic carbocycles. The highest BCUT2D eigenvalue weighted by molar-refractivity contribution is 6.10. The molecule has 0 saturated carbocycles. The van der Waals surface area contributed by atoms with E-state index >= 15 is 0 Å². The van der Waals surface area contributed by atoms with Gasteiger partial charge in [0.15, 0.2) is 0 Å². The molecule has 4 rings (SSSR count). The fraction of sp³-hybridized carbons (Fsp3) is 0.174. The van der Waals surface area contributed by atoms with Crippen LogP contribution in [0.1, 0.15) is 22.6 Å². The van der Waals surface area contributed by atoms with Crippen LogP contribution in [0.3, 0.4) is 0 Å². The number of benzene rings is 3. The molecule has 0 aromatic heterocycles. The van der Waals surface area contributed by atoms with Gasteiger partial charge < -0.3 is 4.74 Å². The molecular formula is C23H21NO2. The van der Waals surface area contributed by atoms with E-state index in [-0.39, 0.29) is 11.8 Å². The van der Waals surface area contributed by atoms with Crippen LogP contribution in [0.15, 0.2) is 72.8 Å². The van der Waals surface area contributed by atoms with Crippen LogP contribution in [0.4, 0.5) is 11.4 Å². The summed E-state index contributed by atoms with van der Waals surface area (Å²) in [5.74, 6) is 0.836. The summed E-state index contributed by atoms with van der Waals surface area (Å²) < 4.78 is 5.35. The van der Waals surface area contributed by atoms with Crippen LogP contribution < -0.4 is 9.64 Å². The second-order valence-corrected chi connectivity index (χ2v) is 6.63. The molecule has 3 aromatic rings. The molecule has 0 unspecified atom stereocenters. The topological polar surface area (TPSA) is 29.5 Å². The summed E-state index contributed by atoms with van der Waals surface area (Å²) >= 11 is 0. The van der Waals surface area contributed by atoms with Gasteiger partial charge in [0.2, 0.25) is 5.91 Å². The van der Waals surface area contributed by atoms with Gasteiger partial charge in [-0.3, -0.25) is 9.69 Å². The first kappa shape index (κ1) is 16.4. The largest absolute Gasteiger partial charge is 0.496 e. The predicted molar refractivity (Wildman–Crippen MR) is 104 cm³/mol. The van der Waals surface area contributed by atoms with Gasteiger partial charge in [-0.05, 0) is 54.3 Å². The quantitative estimate of drug-likeness (QED) is 0.666. The molecule has 1 aliphatic rings. The van der Waals surface area contributed by atoms with E-state index in [4.69, 9.17) is 4.74 Å². The first-order valence-corrected chi connectivity index (χ1v) is 8.80. The number of para-hydroxylation sites is 2. The van der Waals surface area contributed by atoms with Crippen molar-refractivity contribution in [3.8, 4) is 5.75 Å². The fourth-order valence-corrected chi connectivity index (χ4v) is 3.74. The number of nitrogens with zero attached hydrogens (tertiary/aromatic N) is 1. The number of hydrogen-bond acceptors (Lipinski definition) is 2. The zero-order valence-corrected chi connectivity index (χ0v) is 15.0. The highest BCUT2D eigenvalue weighted by Gasteiger charge is 2.37. The lowest BCUT2D eigenvalue weighted by Gasteiger charge is -2.18. The van der Waals surface area contributed by atoms with Crippen molar-refractivity contribution in [1.82, 2.24) is 0 Å². The zero-order valence-electron chi connectivity index (χ0n) is 15.0. The van der Waals surface area contributed by atoms with Crippen LogP contribution in [0.2, 0.25) is 0 Å². The maximum atomic E-state index is 13.3. The average molecular weight is 343 g/mol. The summed E-state index contributed by atoms with van der Waals surface area (Å²) in [5.41, 5.74) is 5.22. The number of fused-ring (bicyclic) bond motifs is 1. The number of ether oxygens (including phenoxy) is 1. The summed E-state index contributed by atoms with van der Waals surface area (Å²) in [5, 5.41) is 0. The molecule has 0 spiro atoms. The molecule has 26 heavy (non-hydrogen) atoms. The Labute approximate surface area is 153 Å². The second-order valence-electron chi connectivity index (χ2n) is 6.63. The lowest BCUT2D eigenvalue weighted by Crippen LogP contribution is -2.24. The fourth-order valence-electron chi connectivity index (χ4n) is 3.74. The summed E-state index contributed by atoms with van der Waals surface area (Å²) in [6.45, 7) is 2.03. The van der Waals surface area contributed by atoms with Crippen LogP contribution >= 0.6 is 0 Å². The number of aryl methyl sites for hydroxylation is 1. The Bertz CT molecular complexity index is 949. The molecule has 1 amide bonds. The van der Waals surface area contributed by atoms with Crippen molar-refractivity contribution in [2.45, 2.75) is 19.3 Å². The summed E-state index contributed by atoms with van der Waals surface area (Å²) in [7, 11) is 1.68. The van der Waals surface area contributed by atoms with Gasteiger partial charge >= 0.3 is 0 Å². The third-order valence-corrected chi connectivity index (χ3v) is 4.99. The average Bonchev–Trinajstić information content (AvgIpc) is 2.94. The molecule has 3 nitrogen and oxygen atoms in total. The van der Waals surface area contributed by atoms with Gasteiger partial charge in [0.1, 0.15) is 5.75 Å². The van der Waals surface area contributed by atoms with E-state index in [0.717, 1.165) is 33.8 Å². The van der Waals surface area contributed by atoms with E-state index in [9.17, 15) is 4.79 Å². The SMILES string of the molecule is COc1ccc(C[C@H]2C(=O)N(c3ccccc3)c3ccccc32)cc1C. The Morgan fingerprint density at radius 2 is 1.69 bits per heavy atom. The number of hydrogen-bond donors (Lipinski definition) is 0. The minimum atomic E-state index is -0.167. The van der Waals surface area contributed by atoms with Gasteiger partial charge in [-0.2, -0.15) is 0 Å². The molecule has 0 fully saturated rings. The van der Waals surface area contributed by atoms with Gasteiger partial charge in [0, 0.05) is 5.69 Å². The van der Waals surface area contributed by atoms with Crippen LogP contribution in [0.25, 0.3) is 0 Å². The maximum absolute atomic E-state index is 13.3. The third-order valence-electron chi connectivity index (χ3n) is 4.99. The molecule has 0 N–H and O–H groups in total. The van der Waals surface area contributed by atoms with Crippen molar-refractivity contribution in [1.29, 1.82) is 0 Å². The molecule has 1 aliphatic heterocycles. The highest BCUT2D eigenvalue weighted by Crippen LogP contribution is 2.43. The van der Waals surface area contributed by atoms with E-state index < -0.39 is 0 Å². The van der Waals surface area contributed by atoms with E-state index in [0.29, 0.717) is 6.42 Å². The van der Waals surface area contributed by atoms with E-state index in [1.165, 1.54) is 0 Å². The van der Waals surface area contributed by atoms with Crippen molar-refractivity contribution in [3.05, 3.63) is 89.5 Å². The van der Waals surface area contributed by atoms with Crippen molar-refractivity contribution >= 4 is 17.3 Å². The molecule has 130 valence electrons. The standard InChI is InChI=1S/C23H21NO2/c1-16-14-17(12-13-22(16)26-2)15-20-19-10-6-7-11-21(19)24(23(20)25)18-8-4-3-5-9-18/h3-14,20H,15H2,1-2H3/t20-/m1/s1. The first-order valence-electron chi connectivity index (χ1n) is 8.80. The Morgan fingerprint density at radius 3 is 2.42 bits per heavy atom. The molecule has 0 saturated heterocycles. The Kier molecular flexibility index (Phi) is 4.21. The lowest BCUT2D eigenvalue weighted by molar-refractivity contribution is -0.118. The smallest absolute Gasteiger partial charge is 0.239 e. The van der Waals surface area contributed by atoms with Crippen molar-refractivity contribution in [2.24, 2.45) is 0 Å².